The number of nitrogens with one attached hydrogen (secondary N) is 2. The normalized spacial score (nSPS) is 12.9. The van der Waals surface area contributed by atoms with Gasteiger partial charge in [-0.3, -0.25) is 4.79 Å². The molecule has 0 radical (unpaired) electrons. The van der Waals surface area contributed by atoms with Crippen molar-refractivity contribution in [3.63, 3.8) is 0 Å². The van der Waals surface area contributed by atoms with Crippen LogP contribution in [0.15, 0.2) is 36.5 Å². The van der Waals surface area contributed by atoms with Crippen molar-refractivity contribution in [2.24, 2.45) is 0 Å². The van der Waals surface area contributed by atoms with E-state index in [1.165, 1.54) is 0 Å². The van der Waals surface area contributed by atoms with Gasteiger partial charge in [-0.1, -0.05) is 6.07 Å². The first kappa shape index (κ1) is 13.2. The molecule has 0 atom stereocenters. The highest BCUT2D eigenvalue weighted by molar-refractivity contribution is 5.96. The zero-order chi connectivity index (χ0) is 14.7. The zero-order valence-corrected chi connectivity index (χ0v) is 11.6. The van der Waals surface area contributed by atoms with Crippen LogP contribution in [-0.2, 0) is 11.3 Å². The minimum atomic E-state index is -0.140. The van der Waals surface area contributed by atoms with Gasteiger partial charge in [0.15, 0.2) is 6.61 Å². The van der Waals surface area contributed by atoms with Gasteiger partial charge in [0, 0.05) is 24.5 Å². The fourth-order valence-corrected chi connectivity index (χ4v) is 2.03. The SMILES string of the molecule is COc1ccc(CNc2ccc3c(c2)NC(=O)CO3)cn1. The molecule has 0 unspecified atom stereocenters. The van der Waals surface area contributed by atoms with Crippen LogP contribution < -0.4 is 20.1 Å². The molecule has 0 fully saturated rings. The van der Waals surface area contributed by atoms with Crippen molar-refractivity contribution >= 4 is 17.3 Å². The number of carbonyl (C=O) groups is 1. The molecule has 6 nitrogen and oxygen atoms in total. The highest BCUT2D eigenvalue weighted by Crippen LogP contribution is 2.30. The second-order valence-corrected chi connectivity index (χ2v) is 4.61. The molecule has 0 bridgehead atoms. The molecule has 1 aromatic heterocycles. The number of benzene rings is 1. The molecule has 0 saturated carbocycles. The Morgan fingerprint density at radius 1 is 1.38 bits per heavy atom. The average molecular weight is 285 g/mol. The van der Waals surface area contributed by atoms with Crippen molar-refractivity contribution in [1.29, 1.82) is 0 Å². The maximum atomic E-state index is 11.3. The van der Waals surface area contributed by atoms with Gasteiger partial charge in [0.1, 0.15) is 5.75 Å². The summed E-state index contributed by atoms with van der Waals surface area (Å²) in [4.78, 5) is 15.5. The Labute approximate surface area is 122 Å². The van der Waals surface area contributed by atoms with Crippen LogP contribution in [0.25, 0.3) is 0 Å². The summed E-state index contributed by atoms with van der Waals surface area (Å²) in [5, 5.41) is 6.06. The topological polar surface area (TPSA) is 72.5 Å². The van der Waals surface area contributed by atoms with E-state index in [-0.39, 0.29) is 12.5 Å². The number of carbonyl (C=O) groups excluding carboxylic acids is 1. The molecular formula is C15H15N3O3. The van der Waals surface area contributed by atoms with Gasteiger partial charge in [-0.25, -0.2) is 4.98 Å². The molecule has 3 rings (SSSR count). The van der Waals surface area contributed by atoms with Gasteiger partial charge in [0.05, 0.1) is 12.8 Å². The Bertz CT molecular complexity index is 656. The Morgan fingerprint density at radius 2 is 2.29 bits per heavy atom. The Kier molecular flexibility index (Phi) is 3.59. The molecule has 6 heteroatoms. The quantitative estimate of drug-likeness (QED) is 0.899. The van der Waals surface area contributed by atoms with Crippen LogP contribution >= 0.6 is 0 Å². The minimum absolute atomic E-state index is 0.0668. The molecule has 1 amide bonds. The highest BCUT2D eigenvalue weighted by Gasteiger charge is 2.15. The number of hydrogen-bond acceptors (Lipinski definition) is 5. The molecule has 0 aliphatic carbocycles. The number of hydrogen-bond donors (Lipinski definition) is 2. The molecule has 0 saturated heterocycles. The van der Waals surface area contributed by atoms with Gasteiger partial charge in [-0.05, 0) is 23.8 Å². The van der Waals surface area contributed by atoms with Crippen LogP contribution in [0.3, 0.4) is 0 Å². The van der Waals surface area contributed by atoms with E-state index in [1.54, 1.807) is 13.3 Å². The van der Waals surface area contributed by atoms with Crippen molar-refractivity contribution in [2.45, 2.75) is 6.54 Å². The molecule has 2 aromatic rings. The molecule has 21 heavy (non-hydrogen) atoms. The van der Waals surface area contributed by atoms with Gasteiger partial charge < -0.3 is 20.1 Å². The fraction of sp³-hybridized carbons (Fsp3) is 0.200. The summed E-state index contributed by atoms with van der Waals surface area (Å²) >= 11 is 0. The maximum absolute atomic E-state index is 11.3. The van der Waals surface area contributed by atoms with Crippen LogP contribution in [0.5, 0.6) is 11.6 Å². The highest BCUT2D eigenvalue weighted by atomic mass is 16.5. The number of amides is 1. The third-order valence-corrected chi connectivity index (χ3v) is 3.12. The molecule has 2 N–H and O–H groups in total. The molecular weight excluding hydrogens is 270 g/mol. The van der Waals surface area contributed by atoms with E-state index in [2.05, 4.69) is 15.6 Å². The van der Waals surface area contributed by atoms with Crippen molar-refractivity contribution in [2.75, 3.05) is 24.4 Å². The van der Waals surface area contributed by atoms with Gasteiger partial charge >= 0.3 is 0 Å². The summed E-state index contributed by atoms with van der Waals surface area (Å²) in [6.45, 7) is 0.696. The standard InChI is InChI=1S/C15H15N3O3/c1-20-15-5-2-10(8-17-15)7-16-11-3-4-13-12(6-11)18-14(19)9-21-13/h2-6,8,16H,7,9H2,1H3,(H,18,19). The summed E-state index contributed by atoms with van der Waals surface area (Å²) < 4.78 is 10.3. The number of pyridine rings is 1. The van der Waals surface area contributed by atoms with Crippen molar-refractivity contribution < 1.29 is 14.3 Å². The third-order valence-electron chi connectivity index (χ3n) is 3.12. The van der Waals surface area contributed by atoms with Crippen LogP contribution in [-0.4, -0.2) is 24.6 Å². The number of anilines is 2. The fourth-order valence-electron chi connectivity index (χ4n) is 2.03. The third kappa shape index (κ3) is 3.05. The van der Waals surface area contributed by atoms with Crippen LogP contribution in [0.2, 0.25) is 0 Å². The van der Waals surface area contributed by atoms with Crippen LogP contribution in [0.4, 0.5) is 11.4 Å². The van der Waals surface area contributed by atoms with Gasteiger partial charge in [0.25, 0.3) is 5.91 Å². The summed E-state index contributed by atoms with van der Waals surface area (Å²) in [5.74, 6) is 1.14. The lowest BCUT2D eigenvalue weighted by Gasteiger charge is -2.18. The lowest BCUT2D eigenvalue weighted by molar-refractivity contribution is -0.118. The molecule has 1 aliphatic rings. The summed E-state index contributed by atoms with van der Waals surface area (Å²) in [5.41, 5.74) is 2.62. The van der Waals surface area contributed by atoms with E-state index in [1.807, 2.05) is 30.3 Å². The number of nitrogens with zero attached hydrogens (tertiary/aromatic N) is 1. The smallest absolute Gasteiger partial charge is 0.262 e. The number of aromatic nitrogens is 1. The second-order valence-electron chi connectivity index (χ2n) is 4.61. The first-order valence-electron chi connectivity index (χ1n) is 6.54. The molecule has 2 heterocycles. The first-order chi connectivity index (χ1) is 10.2. The van der Waals surface area contributed by atoms with E-state index in [0.29, 0.717) is 23.9 Å². The Morgan fingerprint density at radius 3 is 3.05 bits per heavy atom. The zero-order valence-electron chi connectivity index (χ0n) is 11.6. The summed E-state index contributed by atoms with van der Waals surface area (Å²) in [6.07, 6.45) is 1.76. The number of fused-ring (bicyclic) bond motifs is 1. The van der Waals surface area contributed by atoms with E-state index in [4.69, 9.17) is 9.47 Å². The predicted molar refractivity (Wildman–Crippen MR) is 78.7 cm³/mol. The molecule has 0 spiro atoms. The van der Waals surface area contributed by atoms with Crippen molar-refractivity contribution in [3.8, 4) is 11.6 Å². The predicted octanol–water partition coefficient (Wildman–Crippen LogP) is 2.03. The maximum Gasteiger partial charge on any atom is 0.262 e. The van der Waals surface area contributed by atoms with Crippen molar-refractivity contribution in [3.05, 3.63) is 42.1 Å². The summed E-state index contributed by atoms with van der Waals surface area (Å²) in [7, 11) is 1.59. The Balaban J connectivity index is 1.67. The van der Waals surface area contributed by atoms with E-state index in [9.17, 15) is 4.79 Å². The van der Waals surface area contributed by atoms with Crippen molar-refractivity contribution in [1.82, 2.24) is 4.98 Å². The van der Waals surface area contributed by atoms with Crippen LogP contribution in [0.1, 0.15) is 5.56 Å². The second kappa shape index (κ2) is 5.70. The average Bonchev–Trinajstić information content (AvgIpc) is 2.53. The number of ether oxygens (including phenoxy) is 2. The largest absolute Gasteiger partial charge is 0.482 e. The lowest BCUT2D eigenvalue weighted by atomic mass is 10.2. The number of methoxy groups -OCH3 is 1. The molecule has 1 aliphatic heterocycles. The number of rotatable bonds is 4. The van der Waals surface area contributed by atoms with Crippen LogP contribution in [0, 0.1) is 0 Å². The first-order valence-corrected chi connectivity index (χ1v) is 6.54. The summed E-state index contributed by atoms with van der Waals surface area (Å²) in [6, 6.07) is 9.36. The van der Waals surface area contributed by atoms with E-state index < -0.39 is 0 Å². The van der Waals surface area contributed by atoms with Gasteiger partial charge in [-0.2, -0.15) is 0 Å². The van der Waals surface area contributed by atoms with Gasteiger partial charge in [0.2, 0.25) is 5.88 Å². The monoisotopic (exact) mass is 285 g/mol. The van der Waals surface area contributed by atoms with E-state index >= 15 is 0 Å². The van der Waals surface area contributed by atoms with Gasteiger partial charge in [-0.15, -0.1) is 0 Å². The molecule has 108 valence electrons. The Hall–Kier alpha value is -2.76. The molecule has 1 aromatic carbocycles. The van der Waals surface area contributed by atoms with E-state index in [0.717, 1.165) is 11.3 Å². The lowest BCUT2D eigenvalue weighted by Crippen LogP contribution is -2.25. The minimum Gasteiger partial charge on any atom is -0.482 e.